The number of carbonyl (C=O) groups is 1. The van der Waals surface area contributed by atoms with Gasteiger partial charge in [0.15, 0.2) is 11.7 Å². The Balaban J connectivity index is 1.64. The molecule has 2 aromatic rings. The molecule has 1 saturated heterocycles. The van der Waals surface area contributed by atoms with Gasteiger partial charge in [-0.3, -0.25) is 4.79 Å². The van der Waals surface area contributed by atoms with Crippen LogP contribution in [0.1, 0.15) is 61.4 Å². The van der Waals surface area contributed by atoms with Crippen molar-refractivity contribution in [3.05, 3.63) is 35.9 Å². The number of fused-ring (bicyclic) bond motifs is 1. The Morgan fingerprint density at radius 1 is 1.32 bits per heavy atom. The van der Waals surface area contributed by atoms with Crippen molar-refractivity contribution in [2.24, 2.45) is 5.92 Å². The zero-order valence-electron chi connectivity index (χ0n) is 15.7. The number of piperidine rings is 1. The zero-order chi connectivity index (χ0) is 20.1. The lowest BCUT2D eigenvalue weighted by Gasteiger charge is -2.36. The summed E-state index contributed by atoms with van der Waals surface area (Å²) in [5.74, 6) is 0.808. The number of aromatic nitrogens is 2. The van der Waals surface area contributed by atoms with Crippen LogP contribution in [0.25, 0.3) is 0 Å². The molecule has 4 atom stereocenters. The maximum Gasteiger partial charge on any atom is 0.410 e. The molecule has 0 radical (unpaired) electrons. The van der Waals surface area contributed by atoms with Gasteiger partial charge < -0.3 is 14.6 Å². The number of amides is 1. The van der Waals surface area contributed by atoms with E-state index in [1.54, 1.807) is 17.0 Å². The second-order valence-electron chi connectivity index (χ2n) is 7.84. The smallest absolute Gasteiger partial charge is 0.410 e. The van der Waals surface area contributed by atoms with Crippen molar-refractivity contribution in [1.29, 1.82) is 0 Å². The summed E-state index contributed by atoms with van der Waals surface area (Å²) in [6, 6.07) is 2.28. The van der Waals surface area contributed by atoms with Gasteiger partial charge in [-0.1, -0.05) is 6.92 Å². The van der Waals surface area contributed by atoms with Crippen LogP contribution in [0.3, 0.4) is 0 Å². The first kappa shape index (κ1) is 18.9. The molecule has 0 unspecified atom stereocenters. The third-order valence-electron chi connectivity index (χ3n) is 5.69. The van der Waals surface area contributed by atoms with Gasteiger partial charge in [0.2, 0.25) is 0 Å². The molecule has 1 N–H and O–H groups in total. The standard InChI is InChI=1S/C19H23F3N4O2/c1-11-5-6-25(12(2)8-11)18(27)14-10-17-23-13(15-4-3-7-28-15)9-16(19(20,21)22)26(17)24-14/h3-4,7,10-13,16,23H,5-6,8-9H2,1-2H3/t11-,12+,13+,16-/m0/s1. The summed E-state index contributed by atoms with van der Waals surface area (Å²) in [6.07, 6.45) is -1.55. The number of anilines is 1. The Labute approximate surface area is 160 Å². The summed E-state index contributed by atoms with van der Waals surface area (Å²) in [7, 11) is 0. The largest absolute Gasteiger partial charge is 0.467 e. The molecule has 0 aromatic carbocycles. The first-order valence-corrected chi connectivity index (χ1v) is 9.51. The Morgan fingerprint density at radius 2 is 2.11 bits per heavy atom. The van der Waals surface area contributed by atoms with Crippen molar-refractivity contribution < 1.29 is 22.4 Å². The molecule has 0 saturated carbocycles. The highest BCUT2D eigenvalue weighted by atomic mass is 19.4. The summed E-state index contributed by atoms with van der Waals surface area (Å²) < 4.78 is 47.3. The van der Waals surface area contributed by atoms with Crippen LogP contribution in [0.4, 0.5) is 19.0 Å². The summed E-state index contributed by atoms with van der Waals surface area (Å²) in [5, 5.41) is 7.09. The predicted molar refractivity (Wildman–Crippen MR) is 95.9 cm³/mol. The molecule has 2 aromatic heterocycles. The van der Waals surface area contributed by atoms with Crippen LogP contribution in [0.2, 0.25) is 0 Å². The van der Waals surface area contributed by atoms with Crippen LogP contribution >= 0.6 is 0 Å². The minimum absolute atomic E-state index is 0.0391. The van der Waals surface area contributed by atoms with E-state index in [2.05, 4.69) is 17.3 Å². The molecule has 2 aliphatic heterocycles. The van der Waals surface area contributed by atoms with Gasteiger partial charge in [-0.05, 0) is 37.8 Å². The van der Waals surface area contributed by atoms with Crippen molar-refractivity contribution in [1.82, 2.24) is 14.7 Å². The summed E-state index contributed by atoms with van der Waals surface area (Å²) in [4.78, 5) is 14.6. The summed E-state index contributed by atoms with van der Waals surface area (Å²) >= 11 is 0. The Hall–Kier alpha value is -2.45. The van der Waals surface area contributed by atoms with E-state index in [9.17, 15) is 18.0 Å². The fourth-order valence-corrected chi connectivity index (χ4v) is 4.21. The Kier molecular flexibility index (Phi) is 4.63. The number of rotatable bonds is 2. The number of halogens is 3. The lowest BCUT2D eigenvalue weighted by molar-refractivity contribution is -0.174. The molecular formula is C19H23F3N4O2. The SMILES string of the molecule is C[C@H]1CCN(C(=O)c2cc3n(n2)[C@H](C(F)(F)F)C[C@H](c2ccco2)N3)[C@H](C)C1. The van der Waals surface area contributed by atoms with E-state index in [0.29, 0.717) is 18.2 Å². The summed E-state index contributed by atoms with van der Waals surface area (Å²) in [6.45, 7) is 4.70. The van der Waals surface area contributed by atoms with Crippen LogP contribution < -0.4 is 5.32 Å². The minimum atomic E-state index is -4.48. The average molecular weight is 396 g/mol. The monoisotopic (exact) mass is 396 g/mol. The second kappa shape index (κ2) is 6.86. The lowest BCUT2D eigenvalue weighted by atomic mass is 9.93. The number of nitrogens with zero attached hydrogens (tertiary/aromatic N) is 3. The van der Waals surface area contributed by atoms with E-state index in [1.807, 2.05) is 6.92 Å². The first-order chi connectivity index (χ1) is 13.2. The molecule has 28 heavy (non-hydrogen) atoms. The van der Waals surface area contributed by atoms with Crippen LogP contribution in [0, 0.1) is 5.92 Å². The number of nitrogens with one attached hydrogen (secondary N) is 1. The molecule has 9 heteroatoms. The molecule has 6 nitrogen and oxygen atoms in total. The highest BCUT2D eigenvalue weighted by Gasteiger charge is 2.47. The fraction of sp³-hybridized carbons (Fsp3) is 0.579. The van der Waals surface area contributed by atoms with Gasteiger partial charge in [0.05, 0.1) is 12.3 Å². The quantitative estimate of drug-likeness (QED) is 0.818. The van der Waals surface area contributed by atoms with Crippen LogP contribution in [0.15, 0.2) is 28.9 Å². The van der Waals surface area contributed by atoms with Crippen molar-refractivity contribution in [3.8, 4) is 0 Å². The molecule has 0 spiro atoms. The Bertz CT molecular complexity index is 846. The fourth-order valence-electron chi connectivity index (χ4n) is 4.21. The molecule has 1 amide bonds. The van der Waals surface area contributed by atoms with Crippen molar-refractivity contribution in [3.63, 3.8) is 0 Å². The van der Waals surface area contributed by atoms with E-state index in [1.165, 1.54) is 12.3 Å². The number of hydrogen-bond donors (Lipinski definition) is 1. The van der Waals surface area contributed by atoms with E-state index >= 15 is 0 Å². The van der Waals surface area contributed by atoms with Gasteiger partial charge in [0.1, 0.15) is 11.6 Å². The number of likely N-dealkylation sites (tertiary alicyclic amines) is 1. The van der Waals surface area contributed by atoms with E-state index in [-0.39, 0.29) is 29.9 Å². The number of hydrogen-bond acceptors (Lipinski definition) is 4. The molecule has 0 bridgehead atoms. The Morgan fingerprint density at radius 3 is 2.75 bits per heavy atom. The summed E-state index contributed by atoms with van der Waals surface area (Å²) in [5.41, 5.74) is 0.0400. The number of furan rings is 1. The molecule has 4 rings (SSSR count). The molecule has 4 heterocycles. The molecular weight excluding hydrogens is 373 g/mol. The molecule has 152 valence electrons. The van der Waals surface area contributed by atoms with Gasteiger partial charge in [-0.15, -0.1) is 0 Å². The van der Waals surface area contributed by atoms with E-state index < -0.39 is 18.3 Å². The highest BCUT2D eigenvalue weighted by molar-refractivity contribution is 5.93. The maximum atomic E-state index is 13.7. The highest BCUT2D eigenvalue weighted by Crippen LogP contribution is 2.43. The number of carbonyl (C=O) groups excluding carboxylic acids is 1. The van der Waals surface area contributed by atoms with Crippen LogP contribution in [-0.4, -0.2) is 39.4 Å². The zero-order valence-corrected chi connectivity index (χ0v) is 15.7. The molecule has 0 aliphatic carbocycles. The second-order valence-corrected chi connectivity index (χ2v) is 7.84. The maximum absolute atomic E-state index is 13.7. The van der Waals surface area contributed by atoms with Crippen molar-refractivity contribution in [2.45, 2.75) is 57.4 Å². The van der Waals surface area contributed by atoms with Gasteiger partial charge in [-0.25, -0.2) is 4.68 Å². The third-order valence-corrected chi connectivity index (χ3v) is 5.69. The van der Waals surface area contributed by atoms with Crippen LogP contribution in [0.5, 0.6) is 0 Å². The number of alkyl halides is 3. The van der Waals surface area contributed by atoms with Crippen LogP contribution in [-0.2, 0) is 0 Å². The topological polar surface area (TPSA) is 63.3 Å². The van der Waals surface area contributed by atoms with E-state index in [4.69, 9.17) is 4.42 Å². The normalized spacial score (nSPS) is 28.0. The van der Waals surface area contributed by atoms with Gasteiger partial charge in [0.25, 0.3) is 5.91 Å². The van der Waals surface area contributed by atoms with Gasteiger partial charge in [0, 0.05) is 25.1 Å². The third kappa shape index (κ3) is 3.38. The van der Waals surface area contributed by atoms with E-state index in [0.717, 1.165) is 17.5 Å². The lowest BCUT2D eigenvalue weighted by Crippen LogP contribution is -2.44. The predicted octanol–water partition coefficient (Wildman–Crippen LogP) is 4.40. The first-order valence-electron chi connectivity index (χ1n) is 9.51. The van der Waals surface area contributed by atoms with Gasteiger partial charge in [-0.2, -0.15) is 18.3 Å². The molecule has 1 fully saturated rings. The molecule has 2 aliphatic rings. The minimum Gasteiger partial charge on any atom is -0.467 e. The van der Waals surface area contributed by atoms with Gasteiger partial charge >= 0.3 is 6.18 Å². The average Bonchev–Trinajstić information content (AvgIpc) is 3.29. The van der Waals surface area contributed by atoms with Crippen molar-refractivity contribution >= 4 is 11.7 Å². The van der Waals surface area contributed by atoms with Crippen molar-refractivity contribution in [2.75, 3.05) is 11.9 Å².